The molecule has 1 amide bonds. The Morgan fingerprint density at radius 1 is 0.980 bits per heavy atom. The Bertz CT molecular complexity index is 1800. The first-order chi connectivity index (χ1) is 23.5. The number of fused-ring (bicyclic) bond motifs is 1. The molecule has 1 N–H and O–H groups in total. The summed E-state index contributed by atoms with van der Waals surface area (Å²) in [5, 5.41) is 5.23. The van der Waals surface area contributed by atoms with Gasteiger partial charge in [0, 0.05) is 42.8 Å². The first-order valence-electron chi connectivity index (χ1n) is 17.5. The Morgan fingerprint density at radius 3 is 2.39 bits per heavy atom. The van der Waals surface area contributed by atoms with E-state index in [1.165, 1.54) is 35.1 Å². The molecular weight excluding hydrogens is 618 g/mol. The highest BCUT2D eigenvalue weighted by Crippen LogP contribution is 2.34. The second-order valence-electron chi connectivity index (χ2n) is 13.8. The molecule has 0 heterocycles. The van der Waals surface area contributed by atoms with E-state index in [0.29, 0.717) is 41.0 Å². The van der Waals surface area contributed by atoms with Crippen molar-refractivity contribution in [1.82, 2.24) is 5.32 Å². The maximum Gasteiger partial charge on any atom is 0.270 e. The van der Waals surface area contributed by atoms with Crippen molar-refractivity contribution in [2.24, 2.45) is 22.7 Å². The zero-order valence-corrected chi connectivity index (χ0v) is 29.1. The third kappa shape index (κ3) is 9.62. The number of allylic oxidation sites excluding steroid dienone is 2. The molecule has 49 heavy (non-hydrogen) atoms. The number of benzene rings is 3. The number of hydrogen-bond acceptors (Lipinski definition) is 4. The summed E-state index contributed by atoms with van der Waals surface area (Å²) >= 11 is 0. The molecule has 0 bridgehead atoms. The van der Waals surface area contributed by atoms with E-state index in [1.54, 1.807) is 37.5 Å². The van der Waals surface area contributed by atoms with E-state index >= 15 is 0 Å². The fourth-order valence-corrected chi connectivity index (χ4v) is 6.96. The SMILES string of the molecule is CN=CCNC(=O)c1ccc2c(c1C)=CC(=CCC1CCCC(C(=O)c3ccc(Oc4ccc(C(C)(F)F)cc4)cc3)CC1)CC(C)CC=2. The van der Waals surface area contributed by atoms with Gasteiger partial charge >= 0.3 is 0 Å². The molecule has 258 valence electrons. The van der Waals surface area contributed by atoms with Crippen LogP contribution in [0.4, 0.5) is 8.78 Å². The largest absolute Gasteiger partial charge is 0.457 e. The maximum absolute atomic E-state index is 13.5. The number of nitrogens with one attached hydrogen (secondary N) is 1. The summed E-state index contributed by atoms with van der Waals surface area (Å²) in [4.78, 5) is 30.4. The van der Waals surface area contributed by atoms with Crippen LogP contribution >= 0.6 is 0 Å². The second kappa shape index (κ2) is 16.3. The molecule has 0 spiro atoms. The molecule has 5 rings (SSSR count). The number of amides is 1. The number of aliphatic imine (C=N–C) groups is 1. The molecule has 0 aromatic heterocycles. The van der Waals surface area contributed by atoms with Crippen LogP contribution < -0.4 is 20.5 Å². The summed E-state index contributed by atoms with van der Waals surface area (Å²) in [6, 6.07) is 16.9. The van der Waals surface area contributed by atoms with Crippen molar-refractivity contribution in [1.29, 1.82) is 0 Å². The summed E-state index contributed by atoms with van der Waals surface area (Å²) in [5.41, 5.74) is 3.62. The zero-order chi connectivity index (χ0) is 35.0. The number of ketones is 1. The van der Waals surface area contributed by atoms with Crippen LogP contribution in [-0.2, 0) is 5.92 Å². The van der Waals surface area contributed by atoms with Gasteiger partial charge in [-0.2, -0.15) is 0 Å². The smallest absolute Gasteiger partial charge is 0.270 e. The minimum absolute atomic E-state index is 0.00103. The van der Waals surface area contributed by atoms with Crippen LogP contribution in [-0.4, -0.2) is 31.5 Å². The fourth-order valence-electron chi connectivity index (χ4n) is 6.96. The Morgan fingerprint density at radius 2 is 1.69 bits per heavy atom. The molecule has 0 aliphatic heterocycles. The molecule has 3 aromatic carbocycles. The number of rotatable bonds is 10. The summed E-state index contributed by atoms with van der Waals surface area (Å²) in [5.74, 6) is -0.745. The number of nitrogens with zero attached hydrogens (tertiary/aromatic N) is 1. The van der Waals surface area contributed by atoms with Crippen molar-refractivity contribution in [2.45, 2.75) is 78.1 Å². The van der Waals surface area contributed by atoms with Crippen LogP contribution in [0, 0.1) is 24.7 Å². The average Bonchev–Trinajstić information content (AvgIpc) is 3.32. The van der Waals surface area contributed by atoms with E-state index < -0.39 is 5.92 Å². The van der Waals surface area contributed by atoms with Gasteiger partial charge < -0.3 is 10.1 Å². The molecule has 2 aliphatic carbocycles. The highest BCUT2D eigenvalue weighted by Gasteiger charge is 2.26. The number of hydrogen-bond donors (Lipinski definition) is 1. The predicted molar refractivity (Wildman–Crippen MR) is 194 cm³/mol. The molecule has 5 nitrogen and oxygen atoms in total. The van der Waals surface area contributed by atoms with Gasteiger partial charge in [0.25, 0.3) is 11.8 Å². The Labute approximate surface area is 288 Å². The third-order valence-corrected chi connectivity index (χ3v) is 9.89. The summed E-state index contributed by atoms with van der Waals surface area (Å²) in [7, 11) is 1.69. The number of carbonyl (C=O) groups is 2. The van der Waals surface area contributed by atoms with Crippen molar-refractivity contribution in [2.75, 3.05) is 13.6 Å². The molecule has 0 radical (unpaired) electrons. The van der Waals surface area contributed by atoms with E-state index in [1.807, 2.05) is 13.0 Å². The predicted octanol–water partition coefficient (Wildman–Crippen LogP) is 8.72. The van der Waals surface area contributed by atoms with Crippen LogP contribution in [0.2, 0.25) is 0 Å². The lowest BCUT2D eigenvalue weighted by Crippen LogP contribution is -2.34. The Balaban J connectivity index is 1.22. The lowest BCUT2D eigenvalue weighted by Gasteiger charge is -2.17. The third-order valence-electron chi connectivity index (χ3n) is 9.89. The second-order valence-corrected chi connectivity index (χ2v) is 13.8. The molecule has 3 aromatic rings. The molecule has 3 atom stereocenters. The van der Waals surface area contributed by atoms with Gasteiger partial charge in [-0.05, 0) is 128 Å². The quantitative estimate of drug-likeness (QED) is 0.134. The lowest BCUT2D eigenvalue weighted by atomic mass is 9.88. The number of carbonyl (C=O) groups excluding carboxylic acids is 2. The molecule has 3 unspecified atom stereocenters. The maximum atomic E-state index is 13.5. The van der Waals surface area contributed by atoms with Crippen molar-refractivity contribution in [3.05, 3.63) is 105 Å². The van der Waals surface area contributed by atoms with Gasteiger partial charge in [-0.3, -0.25) is 14.6 Å². The molecule has 0 saturated heterocycles. The molecular formula is C42H48F2N2O3. The van der Waals surface area contributed by atoms with E-state index in [4.69, 9.17) is 4.74 Å². The molecule has 2 aliphatic rings. The summed E-state index contributed by atoms with van der Waals surface area (Å²) in [6.07, 6.45) is 16.5. The van der Waals surface area contributed by atoms with Gasteiger partial charge in [0.05, 0.1) is 6.54 Å². The average molecular weight is 667 g/mol. The number of halogens is 2. The minimum Gasteiger partial charge on any atom is -0.457 e. The topological polar surface area (TPSA) is 67.8 Å². The molecule has 7 heteroatoms. The minimum atomic E-state index is -2.90. The van der Waals surface area contributed by atoms with Gasteiger partial charge in [0.2, 0.25) is 0 Å². The van der Waals surface area contributed by atoms with E-state index in [9.17, 15) is 18.4 Å². The van der Waals surface area contributed by atoms with Crippen molar-refractivity contribution in [3.8, 4) is 11.5 Å². The Kier molecular flexibility index (Phi) is 12.0. The van der Waals surface area contributed by atoms with E-state index in [0.717, 1.165) is 69.1 Å². The van der Waals surface area contributed by atoms with E-state index in [-0.39, 0.29) is 23.2 Å². The van der Waals surface area contributed by atoms with Gasteiger partial charge in [-0.1, -0.05) is 49.6 Å². The fraction of sp³-hybridized carbons (Fsp3) is 0.405. The highest BCUT2D eigenvalue weighted by atomic mass is 19.3. The first-order valence-corrected chi connectivity index (χ1v) is 17.5. The van der Waals surface area contributed by atoms with Crippen LogP contribution in [0.5, 0.6) is 11.5 Å². The number of ether oxygens (including phenoxy) is 1. The van der Waals surface area contributed by atoms with Crippen molar-refractivity contribution >= 4 is 30.1 Å². The van der Waals surface area contributed by atoms with Gasteiger partial charge in [-0.25, -0.2) is 8.78 Å². The Hall–Kier alpha value is -4.39. The highest BCUT2D eigenvalue weighted by molar-refractivity contribution is 5.98. The van der Waals surface area contributed by atoms with Gasteiger partial charge in [-0.15, -0.1) is 0 Å². The summed E-state index contributed by atoms with van der Waals surface area (Å²) in [6.45, 7) is 5.60. The summed E-state index contributed by atoms with van der Waals surface area (Å²) < 4.78 is 32.9. The van der Waals surface area contributed by atoms with Crippen LogP contribution in [0.3, 0.4) is 0 Å². The van der Waals surface area contributed by atoms with E-state index in [2.05, 4.69) is 41.5 Å². The number of alkyl halides is 2. The van der Waals surface area contributed by atoms with Gasteiger partial charge in [0.1, 0.15) is 11.5 Å². The van der Waals surface area contributed by atoms with Gasteiger partial charge in [0.15, 0.2) is 5.78 Å². The van der Waals surface area contributed by atoms with Crippen molar-refractivity contribution in [3.63, 3.8) is 0 Å². The monoisotopic (exact) mass is 666 g/mol. The molecule has 1 fully saturated rings. The lowest BCUT2D eigenvalue weighted by molar-refractivity contribution is 0.0174. The van der Waals surface area contributed by atoms with Crippen LogP contribution in [0.1, 0.15) is 97.1 Å². The standard InChI is InChI=1S/C42H48F2N2O3/c1-28-8-12-32-16-23-38(41(48)46-25-24-45-4)29(2)39(32)27-31(26-28)10-9-30-6-5-7-33(13-11-30)40(47)34-14-19-36(20-15-34)49-37-21-17-35(18-22-37)42(3,43)44/h10,12,14-24,27-28,30,33H,5-9,11,13,25-26H2,1-4H3,(H,46,48). The number of Topliss-reactive ketones (excluding diaryl/α,β-unsaturated/α-hetero) is 1. The zero-order valence-electron chi connectivity index (χ0n) is 29.1. The van der Waals surface area contributed by atoms with Crippen LogP contribution in [0.15, 0.2) is 77.3 Å². The normalized spacial score (nSPS) is 20.7. The van der Waals surface area contributed by atoms with Crippen molar-refractivity contribution < 1.29 is 23.1 Å². The molecule has 1 saturated carbocycles. The van der Waals surface area contributed by atoms with Crippen LogP contribution in [0.25, 0.3) is 12.2 Å². The first kappa shape index (κ1) is 35.9.